The number of fused-ring (bicyclic) bond motifs is 2. The number of amides is 1. The number of hydrogen-bond acceptors (Lipinski definition) is 5. The number of rotatable bonds is 6. The molecule has 2 atom stereocenters. The molecule has 1 saturated carbocycles. The number of carboxylic acids is 1. The van der Waals surface area contributed by atoms with Gasteiger partial charge in [0.15, 0.2) is 5.65 Å². The van der Waals surface area contributed by atoms with Gasteiger partial charge in [0.1, 0.15) is 11.5 Å². The summed E-state index contributed by atoms with van der Waals surface area (Å²) >= 11 is 0. The molecular weight excluding hydrogens is 533 g/mol. The molecule has 216 valence electrons. The zero-order valence-corrected chi connectivity index (χ0v) is 23.9. The summed E-state index contributed by atoms with van der Waals surface area (Å²) in [6.45, 7) is 5.92. The van der Waals surface area contributed by atoms with Gasteiger partial charge in [-0.25, -0.2) is 13.9 Å². The number of carboxylic acid groups (broad SMARTS) is 1. The first kappa shape index (κ1) is 26.6. The molecule has 3 aliphatic rings. The van der Waals surface area contributed by atoms with E-state index in [1.165, 1.54) is 17.2 Å². The van der Waals surface area contributed by atoms with E-state index in [-0.39, 0.29) is 23.8 Å². The molecule has 2 aliphatic heterocycles. The minimum absolute atomic E-state index is 0.0458. The molecule has 2 aromatic carbocycles. The van der Waals surface area contributed by atoms with E-state index in [1.54, 1.807) is 16.6 Å². The molecule has 0 spiro atoms. The molecule has 0 radical (unpaired) electrons. The van der Waals surface area contributed by atoms with Crippen molar-refractivity contribution < 1.29 is 19.1 Å². The Kier molecular flexibility index (Phi) is 6.29. The van der Waals surface area contributed by atoms with Crippen molar-refractivity contribution in [3.05, 3.63) is 82.9 Å². The summed E-state index contributed by atoms with van der Waals surface area (Å²) in [5, 5.41) is 14.0. The van der Waals surface area contributed by atoms with Gasteiger partial charge in [0.25, 0.3) is 5.91 Å². The van der Waals surface area contributed by atoms with E-state index in [0.717, 1.165) is 37.1 Å². The highest BCUT2D eigenvalue weighted by Gasteiger charge is 2.36. The van der Waals surface area contributed by atoms with Crippen molar-refractivity contribution >= 4 is 23.2 Å². The summed E-state index contributed by atoms with van der Waals surface area (Å²) < 4.78 is 17.3. The quantitative estimate of drug-likeness (QED) is 0.314. The topological polar surface area (TPSA) is 91.0 Å². The first-order chi connectivity index (χ1) is 20.2. The minimum Gasteiger partial charge on any atom is -0.481 e. The number of carbonyl (C=O) groups is 2. The van der Waals surface area contributed by atoms with Gasteiger partial charge < -0.3 is 14.9 Å². The zero-order valence-electron chi connectivity index (χ0n) is 23.9. The van der Waals surface area contributed by atoms with Crippen LogP contribution in [0.4, 0.5) is 10.1 Å². The largest absolute Gasteiger partial charge is 0.481 e. The monoisotopic (exact) mass is 567 g/mol. The van der Waals surface area contributed by atoms with Gasteiger partial charge in [-0.05, 0) is 73.4 Å². The third kappa shape index (κ3) is 4.70. The van der Waals surface area contributed by atoms with E-state index in [9.17, 15) is 14.7 Å². The number of hydrogen-bond donors (Lipinski definition) is 1. The fraction of sp³-hybridized carbons (Fsp3) is 0.394. The van der Waals surface area contributed by atoms with Gasteiger partial charge in [-0.15, -0.1) is 0 Å². The minimum atomic E-state index is -0.812. The van der Waals surface area contributed by atoms with E-state index in [0.29, 0.717) is 48.2 Å². The second kappa shape index (κ2) is 9.93. The normalized spacial score (nSPS) is 22.0. The van der Waals surface area contributed by atoms with Crippen molar-refractivity contribution in [3.63, 3.8) is 0 Å². The number of anilines is 1. The van der Waals surface area contributed by atoms with Crippen LogP contribution in [0.3, 0.4) is 0 Å². The van der Waals surface area contributed by atoms with E-state index < -0.39 is 11.8 Å². The lowest BCUT2D eigenvalue weighted by Crippen LogP contribution is -2.39. The predicted octanol–water partition coefficient (Wildman–Crippen LogP) is 5.86. The average molecular weight is 568 g/mol. The van der Waals surface area contributed by atoms with E-state index >= 15 is 4.39 Å². The summed E-state index contributed by atoms with van der Waals surface area (Å²) in [7, 11) is 0. The second-order valence-corrected chi connectivity index (χ2v) is 12.5. The summed E-state index contributed by atoms with van der Waals surface area (Å²) in [5.74, 6) is -1.00. The van der Waals surface area contributed by atoms with Crippen LogP contribution in [-0.2, 0) is 11.2 Å². The van der Waals surface area contributed by atoms with Crippen LogP contribution >= 0.6 is 0 Å². The Hall–Kier alpha value is -4.27. The van der Waals surface area contributed by atoms with Crippen molar-refractivity contribution in [3.8, 4) is 11.3 Å². The molecule has 42 heavy (non-hydrogen) atoms. The van der Waals surface area contributed by atoms with Crippen molar-refractivity contribution in [2.75, 3.05) is 24.5 Å². The number of carbonyl (C=O) groups excluding carboxylic acids is 1. The van der Waals surface area contributed by atoms with Crippen LogP contribution < -0.4 is 4.90 Å². The number of nitrogens with zero attached hydrogens (tertiary/aromatic N) is 5. The first-order valence-electron chi connectivity index (χ1n) is 14.8. The van der Waals surface area contributed by atoms with Crippen LogP contribution in [0.15, 0.2) is 54.6 Å². The van der Waals surface area contributed by atoms with Gasteiger partial charge in [-0.2, -0.15) is 5.10 Å². The predicted molar refractivity (Wildman–Crippen MR) is 157 cm³/mol. The smallest absolute Gasteiger partial charge is 0.303 e. The van der Waals surface area contributed by atoms with Crippen LogP contribution in [0.2, 0.25) is 0 Å². The number of halogens is 1. The average Bonchev–Trinajstić information content (AvgIpc) is 3.61. The highest BCUT2D eigenvalue weighted by molar-refractivity contribution is 5.93. The Labute approximate surface area is 243 Å². The molecule has 2 aromatic heterocycles. The maximum absolute atomic E-state index is 15.6. The molecule has 1 N–H and O–H groups in total. The third-order valence-electron chi connectivity index (χ3n) is 9.25. The van der Waals surface area contributed by atoms with Gasteiger partial charge in [-0.3, -0.25) is 9.59 Å². The van der Waals surface area contributed by atoms with Crippen LogP contribution in [0.5, 0.6) is 0 Å². The summed E-state index contributed by atoms with van der Waals surface area (Å²) in [4.78, 5) is 33.8. The maximum Gasteiger partial charge on any atom is 0.303 e. The zero-order chi connectivity index (χ0) is 29.2. The van der Waals surface area contributed by atoms with Crippen LogP contribution in [-0.4, -0.2) is 56.1 Å². The van der Waals surface area contributed by atoms with Crippen molar-refractivity contribution in [1.82, 2.24) is 19.5 Å². The molecule has 4 aromatic rings. The fourth-order valence-corrected chi connectivity index (χ4v) is 6.77. The SMILES string of the molecule is C[C@@H]1c2ccccc2CCN1C(=O)c1cc(C2CC2)n2nc(-c3ccc(N4CC[C@@](C)(CC(=O)O)C4)cc3F)cc2n1. The highest BCUT2D eigenvalue weighted by Crippen LogP contribution is 2.41. The van der Waals surface area contributed by atoms with Crippen LogP contribution in [0.25, 0.3) is 16.9 Å². The van der Waals surface area contributed by atoms with Crippen molar-refractivity contribution in [2.24, 2.45) is 5.41 Å². The Bertz CT molecular complexity index is 1730. The molecule has 7 rings (SSSR count). The van der Waals surface area contributed by atoms with Gasteiger partial charge in [0, 0.05) is 48.6 Å². The number of aromatic nitrogens is 3. The molecule has 1 aliphatic carbocycles. The van der Waals surface area contributed by atoms with Gasteiger partial charge >= 0.3 is 5.97 Å². The number of benzene rings is 2. The second-order valence-electron chi connectivity index (χ2n) is 12.5. The Balaban J connectivity index is 1.19. The molecule has 4 heterocycles. The molecule has 2 fully saturated rings. The Morgan fingerprint density at radius 3 is 2.67 bits per heavy atom. The molecular formula is C33H34FN5O3. The molecule has 9 heteroatoms. The van der Waals surface area contributed by atoms with Crippen LogP contribution in [0, 0.1) is 11.2 Å². The van der Waals surface area contributed by atoms with E-state index in [4.69, 9.17) is 10.1 Å². The molecule has 1 amide bonds. The van der Waals surface area contributed by atoms with E-state index in [2.05, 4.69) is 19.1 Å². The third-order valence-corrected chi connectivity index (χ3v) is 9.25. The van der Waals surface area contributed by atoms with Gasteiger partial charge in [0.05, 0.1) is 18.2 Å². The lowest BCUT2D eigenvalue weighted by Gasteiger charge is -2.35. The lowest BCUT2D eigenvalue weighted by molar-refractivity contribution is -0.139. The summed E-state index contributed by atoms with van der Waals surface area (Å²) in [5.41, 5.74) is 5.56. The fourth-order valence-electron chi connectivity index (χ4n) is 6.77. The first-order valence-corrected chi connectivity index (χ1v) is 14.8. The number of aliphatic carboxylic acids is 1. The maximum atomic E-state index is 15.6. The molecule has 1 saturated heterocycles. The van der Waals surface area contributed by atoms with Gasteiger partial charge in [-0.1, -0.05) is 31.2 Å². The summed E-state index contributed by atoms with van der Waals surface area (Å²) in [6, 6.07) is 17.0. The summed E-state index contributed by atoms with van der Waals surface area (Å²) in [6.07, 6.45) is 3.70. The van der Waals surface area contributed by atoms with Crippen molar-refractivity contribution in [1.29, 1.82) is 0 Å². The van der Waals surface area contributed by atoms with Gasteiger partial charge in [0.2, 0.25) is 0 Å². The molecule has 0 unspecified atom stereocenters. The Morgan fingerprint density at radius 1 is 1.10 bits per heavy atom. The highest BCUT2D eigenvalue weighted by atomic mass is 19.1. The lowest BCUT2D eigenvalue weighted by atomic mass is 9.86. The molecule has 8 nitrogen and oxygen atoms in total. The Morgan fingerprint density at radius 2 is 1.90 bits per heavy atom. The van der Waals surface area contributed by atoms with E-state index in [1.807, 2.05) is 41.0 Å². The standard InChI is InChI=1S/C33H34FN5O3/c1-20-24-6-4-3-5-21(24)11-13-38(20)32(42)28-16-29(22-7-8-22)39-30(35-28)17-27(36-39)25-10-9-23(15-26(25)34)37-14-12-33(2,19-37)18-31(40)41/h3-6,9-10,15-17,20,22H,7-8,11-14,18-19H2,1-2H3,(H,40,41)/t20-,33+/m1/s1. The van der Waals surface area contributed by atoms with Crippen molar-refractivity contribution in [2.45, 2.75) is 57.9 Å². The molecule has 0 bridgehead atoms. The van der Waals surface area contributed by atoms with Crippen LogP contribution in [0.1, 0.15) is 78.8 Å².